The summed E-state index contributed by atoms with van der Waals surface area (Å²) in [6.07, 6.45) is 3.14. The van der Waals surface area contributed by atoms with Crippen molar-refractivity contribution in [1.82, 2.24) is 4.90 Å². The molecule has 0 atom stereocenters. The van der Waals surface area contributed by atoms with Crippen molar-refractivity contribution in [3.8, 4) is 23.0 Å². The van der Waals surface area contributed by atoms with Gasteiger partial charge in [-0.15, -0.1) is 0 Å². The van der Waals surface area contributed by atoms with Crippen molar-refractivity contribution in [2.24, 2.45) is 5.16 Å². The third-order valence-corrected chi connectivity index (χ3v) is 7.00. The van der Waals surface area contributed by atoms with E-state index in [2.05, 4.69) is 5.16 Å². The van der Waals surface area contributed by atoms with E-state index in [1.54, 1.807) is 36.3 Å². The van der Waals surface area contributed by atoms with Crippen LogP contribution in [0.15, 0.2) is 58.1 Å². The molecule has 0 saturated carbocycles. The lowest BCUT2D eigenvalue weighted by Crippen LogP contribution is -2.32. The van der Waals surface area contributed by atoms with Gasteiger partial charge in [0, 0.05) is 32.0 Å². The van der Waals surface area contributed by atoms with Crippen LogP contribution in [0.3, 0.4) is 0 Å². The fourth-order valence-corrected chi connectivity index (χ4v) is 5.05. The Labute approximate surface area is 215 Å². The maximum Gasteiger partial charge on any atom is 0.169 e. The first-order valence-electron chi connectivity index (χ1n) is 12.7. The number of benzene rings is 3. The predicted octanol–water partition coefficient (Wildman–Crippen LogP) is 4.64. The Morgan fingerprint density at radius 1 is 1.17 bits per heavy atom. The molecule has 1 aromatic heterocycles. The van der Waals surface area contributed by atoms with Gasteiger partial charge in [-0.05, 0) is 67.8 Å². The summed E-state index contributed by atoms with van der Waals surface area (Å²) in [6.45, 7) is -1.29. The molecule has 4 aromatic rings. The quantitative estimate of drug-likeness (QED) is 0.419. The van der Waals surface area contributed by atoms with E-state index >= 15 is 0 Å². The molecule has 0 radical (unpaired) electrons. The molecule has 7 nitrogen and oxygen atoms in total. The highest BCUT2D eigenvalue weighted by Gasteiger charge is 2.25. The summed E-state index contributed by atoms with van der Waals surface area (Å²) < 4.78 is 29.0. The van der Waals surface area contributed by atoms with E-state index in [0.29, 0.717) is 53.4 Å². The monoisotopic (exact) mass is 506 g/mol. The number of halogens is 1. The molecule has 8 heteroatoms. The maximum absolute atomic E-state index is 11.3. The Hall–Kier alpha value is -3.68. The summed E-state index contributed by atoms with van der Waals surface area (Å²) in [7, 11) is 1.55. The van der Waals surface area contributed by atoms with Crippen molar-refractivity contribution < 1.29 is 26.9 Å². The van der Waals surface area contributed by atoms with Crippen molar-refractivity contribution in [3.05, 3.63) is 81.0 Å². The van der Waals surface area contributed by atoms with Gasteiger partial charge in [-0.3, -0.25) is 4.90 Å². The molecule has 6 rings (SSSR count). The van der Waals surface area contributed by atoms with E-state index in [-0.39, 0.29) is 27.8 Å². The molecule has 36 heavy (non-hydrogen) atoms. The molecule has 0 amide bonds. The largest absolute Gasteiger partial charge is 0.507 e. The van der Waals surface area contributed by atoms with Crippen LogP contribution in [0, 0.1) is 0 Å². The van der Waals surface area contributed by atoms with E-state index in [0.717, 1.165) is 5.56 Å². The van der Waals surface area contributed by atoms with Crippen LogP contribution in [0.25, 0.3) is 17.0 Å². The number of hydrogen-bond donors (Lipinski definition) is 2. The van der Waals surface area contributed by atoms with Crippen LogP contribution in [0.1, 0.15) is 38.2 Å². The van der Waals surface area contributed by atoms with E-state index in [1.165, 1.54) is 6.07 Å². The number of aromatic hydroxyl groups is 2. The first-order chi connectivity index (χ1) is 18.3. The number of phenols is 2. The third kappa shape index (κ3) is 4.04. The van der Waals surface area contributed by atoms with E-state index in [4.69, 9.17) is 28.3 Å². The minimum Gasteiger partial charge on any atom is -0.507 e. The summed E-state index contributed by atoms with van der Waals surface area (Å²) in [4.78, 5) is 7.27. The Morgan fingerprint density at radius 3 is 2.78 bits per heavy atom. The number of rotatable bonds is 4. The first kappa shape index (κ1) is 20.5. The smallest absolute Gasteiger partial charge is 0.169 e. The third-order valence-electron chi connectivity index (χ3n) is 6.76. The fourth-order valence-electron chi connectivity index (χ4n) is 4.85. The SMILES string of the molecule is [2H]C([2H])(c1c(O)cc2oc3c(c2c1O)=NOc1cc(OC)ccc1C=3)N1CCC(c2cccc(Cl)c2)CC1. The summed E-state index contributed by atoms with van der Waals surface area (Å²) in [5.74, 6) is 0.461. The van der Waals surface area contributed by atoms with Gasteiger partial charge in [0.25, 0.3) is 0 Å². The lowest BCUT2D eigenvalue weighted by Gasteiger charge is -2.32. The van der Waals surface area contributed by atoms with Crippen molar-refractivity contribution in [2.45, 2.75) is 25.3 Å². The zero-order chi connectivity index (χ0) is 26.6. The van der Waals surface area contributed by atoms with Crippen LogP contribution in [-0.4, -0.2) is 35.3 Å². The summed E-state index contributed by atoms with van der Waals surface area (Å²) >= 11 is 6.16. The topological polar surface area (TPSA) is 87.7 Å². The van der Waals surface area contributed by atoms with Gasteiger partial charge in [0.2, 0.25) is 0 Å². The molecule has 3 aromatic carbocycles. The number of ether oxygens (including phenoxy) is 1. The second-order valence-electron chi connectivity index (χ2n) is 8.97. The molecule has 2 N–H and O–H groups in total. The molecule has 184 valence electrons. The van der Waals surface area contributed by atoms with Crippen LogP contribution in [0.2, 0.25) is 5.02 Å². The van der Waals surface area contributed by atoms with Gasteiger partial charge in [-0.2, -0.15) is 0 Å². The number of fused-ring (bicyclic) bond motifs is 4. The average molecular weight is 507 g/mol. The highest BCUT2D eigenvalue weighted by molar-refractivity contribution is 6.30. The zero-order valence-corrected chi connectivity index (χ0v) is 20.2. The average Bonchev–Trinajstić information content (AvgIpc) is 3.14. The summed E-state index contributed by atoms with van der Waals surface area (Å²) in [5.41, 5.74) is 2.08. The molecule has 0 aliphatic carbocycles. The molecule has 0 unspecified atom stereocenters. The van der Waals surface area contributed by atoms with Gasteiger partial charge < -0.3 is 24.2 Å². The van der Waals surface area contributed by atoms with Gasteiger partial charge >= 0.3 is 0 Å². The van der Waals surface area contributed by atoms with E-state index in [1.807, 2.05) is 24.3 Å². The van der Waals surface area contributed by atoms with Gasteiger partial charge in [0.1, 0.15) is 22.8 Å². The molecule has 0 spiro atoms. The zero-order valence-electron chi connectivity index (χ0n) is 21.5. The maximum atomic E-state index is 11.3. The fraction of sp³-hybridized carbons (Fsp3) is 0.250. The van der Waals surface area contributed by atoms with Crippen molar-refractivity contribution in [2.75, 3.05) is 20.2 Å². The molecule has 1 saturated heterocycles. The molecule has 1 fully saturated rings. The van der Waals surface area contributed by atoms with Gasteiger partial charge in [0.15, 0.2) is 16.5 Å². The lowest BCUT2D eigenvalue weighted by molar-refractivity contribution is 0.200. The number of phenolic OH excluding ortho intramolecular Hbond substituents is 2. The van der Waals surface area contributed by atoms with Crippen LogP contribution < -0.4 is 20.3 Å². The van der Waals surface area contributed by atoms with Crippen LogP contribution in [-0.2, 0) is 6.50 Å². The molecule has 0 bridgehead atoms. The number of piperidine rings is 1. The van der Waals surface area contributed by atoms with Crippen LogP contribution in [0.5, 0.6) is 23.0 Å². The Morgan fingerprint density at radius 2 is 2.00 bits per heavy atom. The minimum absolute atomic E-state index is 0.168. The van der Waals surface area contributed by atoms with E-state index < -0.39 is 18.0 Å². The first-order valence-corrected chi connectivity index (χ1v) is 12.1. The molecule has 2 aliphatic rings. The van der Waals surface area contributed by atoms with Gasteiger partial charge in [-0.25, -0.2) is 0 Å². The summed E-state index contributed by atoms with van der Waals surface area (Å²) in [6, 6.07) is 14.3. The van der Waals surface area contributed by atoms with Crippen molar-refractivity contribution >= 4 is 28.6 Å². The molecular formula is C28H25ClN2O5. The number of likely N-dealkylation sites (tertiary alicyclic amines) is 1. The Balaban J connectivity index is 1.37. The number of furan rings is 1. The van der Waals surface area contributed by atoms with Crippen LogP contribution in [0.4, 0.5) is 0 Å². The second-order valence-corrected chi connectivity index (χ2v) is 9.40. The lowest BCUT2D eigenvalue weighted by atomic mass is 9.89. The highest BCUT2D eigenvalue weighted by Crippen LogP contribution is 2.37. The number of nitrogens with zero attached hydrogens (tertiary/aromatic N) is 2. The highest BCUT2D eigenvalue weighted by atomic mass is 35.5. The number of methoxy groups -OCH3 is 1. The summed E-state index contributed by atoms with van der Waals surface area (Å²) in [5, 5.41) is 27.5. The Kier molecular flexibility index (Phi) is 5.17. The van der Waals surface area contributed by atoms with Crippen molar-refractivity contribution in [3.63, 3.8) is 0 Å². The minimum atomic E-state index is -2.16. The number of hydrogen-bond acceptors (Lipinski definition) is 7. The molecule has 2 aliphatic heterocycles. The van der Waals surface area contributed by atoms with Gasteiger partial charge in [0.05, 0.1) is 18.1 Å². The molecular weight excluding hydrogens is 480 g/mol. The van der Waals surface area contributed by atoms with Crippen LogP contribution >= 0.6 is 11.6 Å². The normalized spacial score (nSPS) is 17.1. The standard InChI is InChI=1S/C28H25ClN2O5/c1-34-20-6-5-18-12-25-27(30-36-23(18)13-20)26-24(35-25)14-22(32)21(28(26)33)15-31-9-7-16(8-10-31)17-3-2-4-19(29)11-17/h2-6,11-14,16,32-33H,7-10,15H2,1H3/i15D2. The van der Waals surface area contributed by atoms with Gasteiger partial charge in [-0.1, -0.05) is 28.9 Å². The second kappa shape index (κ2) is 9.08. The Bertz CT molecular complexity index is 1680. The van der Waals surface area contributed by atoms with E-state index in [9.17, 15) is 10.2 Å². The van der Waals surface area contributed by atoms with Crippen molar-refractivity contribution in [1.29, 1.82) is 0 Å². The molecule has 3 heterocycles. The predicted molar refractivity (Wildman–Crippen MR) is 136 cm³/mol.